The summed E-state index contributed by atoms with van der Waals surface area (Å²) in [5.74, 6) is 1.01. The van der Waals surface area contributed by atoms with Crippen LogP contribution in [-0.4, -0.2) is 41.4 Å². The third-order valence-corrected chi connectivity index (χ3v) is 4.40. The smallest absolute Gasteiger partial charge is 0.260 e. The normalized spacial score (nSPS) is 10.9. The predicted octanol–water partition coefficient (Wildman–Crippen LogP) is 3.95. The maximum atomic E-state index is 12.5. The Hall–Kier alpha value is -3.54. The second-order valence-corrected chi connectivity index (χ2v) is 6.58. The molecule has 6 nitrogen and oxygen atoms in total. The molecule has 150 valence electrons. The van der Waals surface area contributed by atoms with Gasteiger partial charge in [-0.25, -0.2) is 4.68 Å². The van der Waals surface area contributed by atoms with Crippen molar-refractivity contribution in [3.63, 3.8) is 0 Å². The van der Waals surface area contributed by atoms with Crippen LogP contribution in [0.5, 0.6) is 11.5 Å². The van der Waals surface area contributed by atoms with Gasteiger partial charge in [-0.15, -0.1) is 0 Å². The molecule has 3 aromatic rings. The first-order valence-electron chi connectivity index (χ1n) is 9.37. The molecule has 3 rings (SSSR count). The SMILES string of the molecule is C/C=C/c1ccc(OCC(=O)N(C)Cc2cnn(-c3ccccc3)c2)c(OC)c1. The van der Waals surface area contributed by atoms with Crippen LogP contribution < -0.4 is 9.47 Å². The molecule has 1 amide bonds. The van der Waals surface area contributed by atoms with Crippen LogP contribution in [0, 0.1) is 0 Å². The lowest BCUT2D eigenvalue weighted by atomic mass is 10.2. The molecule has 0 spiro atoms. The highest BCUT2D eigenvalue weighted by Gasteiger charge is 2.13. The number of hydrogen-bond acceptors (Lipinski definition) is 4. The van der Waals surface area contributed by atoms with Crippen molar-refractivity contribution in [1.82, 2.24) is 14.7 Å². The molecular weight excluding hydrogens is 366 g/mol. The van der Waals surface area contributed by atoms with Gasteiger partial charge >= 0.3 is 0 Å². The van der Waals surface area contributed by atoms with Gasteiger partial charge < -0.3 is 14.4 Å². The second kappa shape index (κ2) is 9.59. The number of ether oxygens (including phenoxy) is 2. The van der Waals surface area contributed by atoms with Crippen LogP contribution in [0.15, 0.2) is 67.0 Å². The van der Waals surface area contributed by atoms with E-state index >= 15 is 0 Å². The van der Waals surface area contributed by atoms with E-state index < -0.39 is 0 Å². The quantitative estimate of drug-likeness (QED) is 0.583. The van der Waals surface area contributed by atoms with Crippen molar-refractivity contribution in [3.8, 4) is 17.2 Å². The Bertz CT molecular complexity index is 980. The first-order valence-corrected chi connectivity index (χ1v) is 9.37. The number of allylic oxidation sites excluding steroid dienone is 1. The fourth-order valence-corrected chi connectivity index (χ4v) is 2.87. The van der Waals surface area contributed by atoms with E-state index in [1.165, 1.54) is 0 Å². The minimum Gasteiger partial charge on any atom is -0.493 e. The highest BCUT2D eigenvalue weighted by Crippen LogP contribution is 2.28. The minimum atomic E-state index is -0.128. The summed E-state index contributed by atoms with van der Waals surface area (Å²) in [7, 11) is 3.33. The highest BCUT2D eigenvalue weighted by atomic mass is 16.5. The number of amides is 1. The van der Waals surface area contributed by atoms with Crippen LogP contribution in [0.2, 0.25) is 0 Å². The number of hydrogen-bond donors (Lipinski definition) is 0. The second-order valence-electron chi connectivity index (χ2n) is 6.58. The first-order chi connectivity index (χ1) is 14.1. The highest BCUT2D eigenvalue weighted by molar-refractivity contribution is 5.77. The van der Waals surface area contributed by atoms with Crippen molar-refractivity contribution in [1.29, 1.82) is 0 Å². The zero-order valence-corrected chi connectivity index (χ0v) is 16.9. The van der Waals surface area contributed by atoms with Crippen LogP contribution in [0.1, 0.15) is 18.1 Å². The number of nitrogens with zero attached hydrogens (tertiary/aromatic N) is 3. The Morgan fingerprint density at radius 2 is 1.97 bits per heavy atom. The summed E-state index contributed by atoms with van der Waals surface area (Å²) in [6.45, 7) is 2.34. The van der Waals surface area contributed by atoms with E-state index in [1.54, 1.807) is 29.9 Å². The van der Waals surface area contributed by atoms with E-state index in [-0.39, 0.29) is 12.5 Å². The molecule has 29 heavy (non-hydrogen) atoms. The van der Waals surface area contributed by atoms with E-state index in [0.717, 1.165) is 16.8 Å². The molecule has 6 heteroatoms. The van der Waals surface area contributed by atoms with Crippen molar-refractivity contribution < 1.29 is 14.3 Å². The van der Waals surface area contributed by atoms with E-state index in [9.17, 15) is 4.79 Å². The standard InChI is InChI=1S/C23H25N3O3/c1-4-8-18-11-12-21(22(13-18)28-3)29-17-23(27)25(2)15-19-14-24-26(16-19)20-9-6-5-7-10-20/h4-14,16H,15,17H2,1-3H3/b8-4+. The summed E-state index contributed by atoms with van der Waals surface area (Å²) in [6.07, 6.45) is 7.61. The van der Waals surface area contributed by atoms with Gasteiger partial charge in [-0.1, -0.05) is 36.4 Å². The van der Waals surface area contributed by atoms with Gasteiger partial charge in [0.15, 0.2) is 18.1 Å². The number of carbonyl (C=O) groups is 1. The largest absolute Gasteiger partial charge is 0.493 e. The number of rotatable bonds is 8. The molecule has 0 aliphatic rings. The maximum absolute atomic E-state index is 12.5. The van der Waals surface area contributed by atoms with Crippen molar-refractivity contribution in [2.45, 2.75) is 13.5 Å². The van der Waals surface area contributed by atoms with Crippen molar-refractivity contribution in [2.24, 2.45) is 0 Å². The molecule has 0 fully saturated rings. The van der Waals surface area contributed by atoms with E-state index in [1.807, 2.05) is 73.8 Å². The average Bonchev–Trinajstić information content (AvgIpc) is 3.21. The van der Waals surface area contributed by atoms with Crippen LogP contribution in [-0.2, 0) is 11.3 Å². The van der Waals surface area contributed by atoms with Gasteiger partial charge in [-0.05, 0) is 36.8 Å². The molecule has 0 saturated heterocycles. The summed E-state index contributed by atoms with van der Waals surface area (Å²) in [5, 5.41) is 4.36. The molecule has 0 saturated carbocycles. The fraction of sp³-hybridized carbons (Fsp3) is 0.217. The number of methoxy groups -OCH3 is 1. The molecule has 0 aliphatic carbocycles. The third kappa shape index (κ3) is 5.25. The lowest BCUT2D eigenvalue weighted by Gasteiger charge is -2.17. The Labute approximate surface area is 171 Å². The summed E-state index contributed by atoms with van der Waals surface area (Å²) in [6, 6.07) is 15.5. The van der Waals surface area contributed by atoms with Gasteiger partial charge in [0.2, 0.25) is 0 Å². The zero-order valence-electron chi connectivity index (χ0n) is 16.9. The third-order valence-electron chi connectivity index (χ3n) is 4.40. The molecule has 0 bridgehead atoms. The topological polar surface area (TPSA) is 56.6 Å². The summed E-state index contributed by atoms with van der Waals surface area (Å²) in [4.78, 5) is 14.1. The molecule has 0 aliphatic heterocycles. The van der Waals surface area contributed by atoms with Gasteiger partial charge in [0.05, 0.1) is 19.0 Å². The number of carbonyl (C=O) groups excluding carboxylic acids is 1. The van der Waals surface area contributed by atoms with Crippen LogP contribution in [0.4, 0.5) is 0 Å². The van der Waals surface area contributed by atoms with Crippen molar-refractivity contribution in [3.05, 3.63) is 78.1 Å². The van der Waals surface area contributed by atoms with E-state index in [4.69, 9.17) is 9.47 Å². The molecule has 0 unspecified atom stereocenters. The molecule has 0 N–H and O–H groups in total. The minimum absolute atomic E-state index is 0.0668. The fourth-order valence-electron chi connectivity index (χ4n) is 2.87. The van der Waals surface area contributed by atoms with Crippen LogP contribution >= 0.6 is 0 Å². The van der Waals surface area contributed by atoms with Gasteiger partial charge in [-0.2, -0.15) is 5.10 Å². The molecule has 1 aromatic heterocycles. The monoisotopic (exact) mass is 391 g/mol. The summed E-state index contributed by atoms with van der Waals surface area (Å²) < 4.78 is 12.9. The summed E-state index contributed by atoms with van der Waals surface area (Å²) in [5.41, 5.74) is 2.93. The molecule has 2 aromatic carbocycles. The van der Waals surface area contributed by atoms with Crippen molar-refractivity contribution in [2.75, 3.05) is 20.8 Å². The number of aromatic nitrogens is 2. The lowest BCUT2D eigenvalue weighted by molar-refractivity contribution is -0.132. The Morgan fingerprint density at radius 1 is 1.17 bits per heavy atom. The first kappa shape index (κ1) is 20.2. The maximum Gasteiger partial charge on any atom is 0.260 e. The van der Waals surface area contributed by atoms with Gasteiger partial charge in [0.1, 0.15) is 0 Å². The van der Waals surface area contributed by atoms with Crippen LogP contribution in [0.3, 0.4) is 0 Å². The van der Waals surface area contributed by atoms with Gasteiger partial charge in [0, 0.05) is 25.4 Å². The summed E-state index contributed by atoms with van der Waals surface area (Å²) >= 11 is 0. The van der Waals surface area contributed by atoms with E-state index in [0.29, 0.717) is 18.0 Å². The number of likely N-dealkylation sites (N-methyl/N-ethyl adjacent to an activating group) is 1. The predicted molar refractivity (Wildman–Crippen MR) is 113 cm³/mol. The van der Waals surface area contributed by atoms with Crippen molar-refractivity contribution >= 4 is 12.0 Å². The Kier molecular flexibility index (Phi) is 6.68. The van der Waals surface area contributed by atoms with Gasteiger partial charge in [0.25, 0.3) is 5.91 Å². The average molecular weight is 391 g/mol. The lowest BCUT2D eigenvalue weighted by Crippen LogP contribution is -2.30. The molecule has 0 atom stereocenters. The Morgan fingerprint density at radius 3 is 2.69 bits per heavy atom. The molecule has 1 heterocycles. The van der Waals surface area contributed by atoms with Gasteiger partial charge in [-0.3, -0.25) is 4.79 Å². The van der Waals surface area contributed by atoms with Crippen LogP contribution in [0.25, 0.3) is 11.8 Å². The number of para-hydroxylation sites is 1. The Balaban J connectivity index is 1.58. The zero-order chi connectivity index (χ0) is 20.6. The molecular formula is C23H25N3O3. The molecule has 0 radical (unpaired) electrons. The van der Waals surface area contributed by atoms with E-state index in [2.05, 4.69) is 5.10 Å². The number of benzene rings is 2.